The summed E-state index contributed by atoms with van der Waals surface area (Å²) in [6, 6.07) is 14.4. The van der Waals surface area contributed by atoms with E-state index in [4.69, 9.17) is 16.5 Å². The summed E-state index contributed by atoms with van der Waals surface area (Å²) >= 11 is 0. The summed E-state index contributed by atoms with van der Waals surface area (Å²) in [6.07, 6.45) is 5.95. The van der Waals surface area contributed by atoms with E-state index in [0.717, 1.165) is 77.9 Å². The number of amides is 1. The second-order valence-electron chi connectivity index (χ2n) is 10.1. The Labute approximate surface area is 216 Å². The van der Waals surface area contributed by atoms with E-state index in [2.05, 4.69) is 46.1 Å². The van der Waals surface area contributed by atoms with Crippen LogP contribution in [0.1, 0.15) is 39.9 Å². The van der Waals surface area contributed by atoms with Crippen LogP contribution in [0, 0.1) is 6.92 Å². The van der Waals surface area contributed by atoms with Crippen LogP contribution < -0.4 is 16.4 Å². The van der Waals surface area contributed by atoms with Gasteiger partial charge in [0.15, 0.2) is 0 Å². The molecule has 8 heteroatoms. The Morgan fingerprint density at radius 2 is 1.84 bits per heavy atom. The maximum Gasteiger partial charge on any atom is 0.253 e. The molecular formula is C29H31N7O. The zero-order chi connectivity index (χ0) is 25.5. The number of aryl methyl sites for hydroxylation is 1. The van der Waals surface area contributed by atoms with Crippen molar-refractivity contribution >= 4 is 28.4 Å². The second-order valence-corrected chi connectivity index (χ2v) is 10.1. The van der Waals surface area contributed by atoms with Crippen molar-refractivity contribution in [1.29, 1.82) is 0 Å². The van der Waals surface area contributed by atoms with E-state index in [1.165, 1.54) is 11.1 Å². The molecule has 0 saturated carbocycles. The van der Waals surface area contributed by atoms with Gasteiger partial charge in [-0.3, -0.25) is 4.79 Å². The first-order chi connectivity index (χ1) is 18.0. The molecule has 1 fully saturated rings. The first-order valence-electron chi connectivity index (χ1n) is 12.9. The molecule has 188 valence electrons. The van der Waals surface area contributed by atoms with Gasteiger partial charge in [0.05, 0.1) is 5.52 Å². The van der Waals surface area contributed by atoms with Crippen molar-refractivity contribution in [3.63, 3.8) is 0 Å². The van der Waals surface area contributed by atoms with Gasteiger partial charge < -0.3 is 21.3 Å². The number of rotatable bonds is 3. The number of likely N-dealkylation sites (tertiary alicyclic amines) is 1. The van der Waals surface area contributed by atoms with Crippen molar-refractivity contribution in [2.45, 2.75) is 38.8 Å². The van der Waals surface area contributed by atoms with Crippen LogP contribution in [0.25, 0.3) is 22.0 Å². The minimum atomic E-state index is 0.0913. The highest BCUT2D eigenvalue weighted by molar-refractivity contribution is 5.96. The van der Waals surface area contributed by atoms with Crippen molar-refractivity contribution in [2.75, 3.05) is 30.3 Å². The van der Waals surface area contributed by atoms with Crippen LogP contribution in [0.4, 0.5) is 11.6 Å². The molecule has 1 amide bonds. The Balaban J connectivity index is 1.33. The van der Waals surface area contributed by atoms with Gasteiger partial charge in [0.25, 0.3) is 5.91 Å². The number of nitrogens with two attached hydrogens (primary N) is 2. The maximum atomic E-state index is 13.2. The number of aromatic nitrogens is 3. The van der Waals surface area contributed by atoms with E-state index < -0.39 is 0 Å². The number of anilines is 2. The number of carbonyl (C=O) groups excluding carboxylic acids is 1. The zero-order valence-corrected chi connectivity index (χ0v) is 21.0. The fourth-order valence-corrected chi connectivity index (χ4v) is 5.56. The summed E-state index contributed by atoms with van der Waals surface area (Å²) in [6.45, 7) is 5.03. The predicted octanol–water partition coefficient (Wildman–Crippen LogP) is 3.71. The van der Waals surface area contributed by atoms with Crippen molar-refractivity contribution in [3.8, 4) is 11.1 Å². The third-order valence-corrected chi connectivity index (χ3v) is 7.65. The molecule has 2 aromatic carbocycles. The highest BCUT2D eigenvalue weighted by Crippen LogP contribution is 2.34. The Kier molecular flexibility index (Phi) is 5.96. The molecular weight excluding hydrogens is 462 g/mol. The highest BCUT2D eigenvalue weighted by Gasteiger charge is 2.25. The van der Waals surface area contributed by atoms with E-state index >= 15 is 0 Å². The van der Waals surface area contributed by atoms with E-state index in [9.17, 15) is 4.79 Å². The van der Waals surface area contributed by atoms with E-state index in [1.807, 2.05) is 23.1 Å². The van der Waals surface area contributed by atoms with Gasteiger partial charge in [-0.1, -0.05) is 6.07 Å². The number of nitrogens with zero attached hydrogens (tertiary/aromatic N) is 5. The average molecular weight is 494 g/mol. The smallest absolute Gasteiger partial charge is 0.253 e. The zero-order valence-electron chi connectivity index (χ0n) is 21.0. The van der Waals surface area contributed by atoms with Gasteiger partial charge in [0.2, 0.25) is 0 Å². The number of fused-ring (bicyclic) bond motifs is 2. The Morgan fingerprint density at radius 3 is 2.65 bits per heavy atom. The number of carbonyl (C=O) groups is 1. The normalized spacial score (nSPS) is 16.2. The van der Waals surface area contributed by atoms with Gasteiger partial charge >= 0.3 is 0 Å². The first-order valence-corrected chi connectivity index (χ1v) is 12.9. The third kappa shape index (κ3) is 4.38. The molecule has 6 rings (SSSR count). The minimum absolute atomic E-state index is 0.0913. The molecule has 0 radical (unpaired) electrons. The molecule has 0 bridgehead atoms. The summed E-state index contributed by atoms with van der Waals surface area (Å²) in [7, 11) is 0. The number of piperidine rings is 1. The van der Waals surface area contributed by atoms with Crippen LogP contribution in [0.3, 0.4) is 0 Å². The van der Waals surface area contributed by atoms with E-state index in [1.54, 1.807) is 12.5 Å². The van der Waals surface area contributed by atoms with Crippen LogP contribution in [0.2, 0.25) is 0 Å². The van der Waals surface area contributed by atoms with Crippen molar-refractivity contribution in [1.82, 2.24) is 19.9 Å². The monoisotopic (exact) mass is 493 g/mol. The summed E-state index contributed by atoms with van der Waals surface area (Å²) in [5.41, 5.74) is 19.3. The number of nitrogen functional groups attached to an aromatic ring is 1. The summed E-state index contributed by atoms with van der Waals surface area (Å²) in [5, 5.41) is 0.987. The number of hydrogen-bond acceptors (Lipinski definition) is 7. The van der Waals surface area contributed by atoms with Crippen LogP contribution in [-0.4, -0.2) is 51.4 Å². The molecule has 0 aliphatic carbocycles. The van der Waals surface area contributed by atoms with Gasteiger partial charge in [0, 0.05) is 54.9 Å². The SMILES string of the molecule is Cc1cc(-c2cccnc2N)cc2c(N3CCc4ccc(C(=O)N5CCC(N)CC5)cc4C3)ncnc12. The summed E-state index contributed by atoms with van der Waals surface area (Å²) < 4.78 is 0. The van der Waals surface area contributed by atoms with Crippen molar-refractivity contribution in [2.24, 2.45) is 5.73 Å². The molecule has 4 heterocycles. The molecule has 8 nitrogen and oxygen atoms in total. The van der Waals surface area contributed by atoms with Crippen molar-refractivity contribution < 1.29 is 4.79 Å². The van der Waals surface area contributed by atoms with Gasteiger partial charge in [-0.05, 0) is 84.8 Å². The molecule has 2 aliphatic heterocycles. The van der Waals surface area contributed by atoms with E-state index in [-0.39, 0.29) is 11.9 Å². The highest BCUT2D eigenvalue weighted by atomic mass is 16.2. The lowest BCUT2D eigenvalue weighted by molar-refractivity contribution is 0.0714. The average Bonchev–Trinajstić information content (AvgIpc) is 2.92. The Hall–Kier alpha value is -4.04. The van der Waals surface area contributed by atoms with Crippen LogP contribution in [0.5, 0.6) is 0 Å². The van der Waals surface area contributed by atoms with Crippen molar-refractivity contribution in [3.05, 3.63) is 77.2 Å². The molecule has 37 heavy (non-hydrogen) atoms. The lowest BCUT2D eigenvalue weighted by Crippen LogP contribution is -2.43. The number of benzene rings is 2. The largest absolute Gasteiger partial charge is 0.383 e. The molecule has 0 unspecified atom stereocenters. The molecule has 0 atom stereocenters. The van der Waals surface area contributed by atoms with Crippen LogP contribution in [-0.2, 0) is 13.0 Å². The predicted molar refractivity (Wildman–Crippen MR) is 146 cm³/mol. The van der Waals surface area contributed by atoms with Gasteiger partial charge in [-0.25, -0.2) is 15.0 Å². The lowest BCUT2D eigenvalue weighted by Gasteiger charge is -2.32. The fraction of sp³-hybridized carbons (Fsp3) is 0.310. The quantitative estimate of drug-likeness (QED) is 0.447. The third-order valence-electron chi connectivity index (χ3n) is 7.65. The number of pyridine rings is 1. The van der Waals surface area contributed by atoms with Gasteiger partial charge in [-0.15, -0.1) is 0 Å². The van der Waals surface area contributed by atoms with Gasteiger partial charge in [-0.2, -0.15) is 0 Å². The topological polar surface area (TPSA) is 114 Å². The molecule has 2 aliphatic rings. The number of hydrogen-bond donors (Lipinski definition) is 2. The van der Waals surface area contributed by atoms with E-state index in [0.29, 0.717) is 12.4 Å². The molecule has 1 saturated heterocycles. The molecule has 4 N–H and O–H groups in total. The Morgan fingerprint density at radius 1 is 1.00 bits per heavy atom. The van der Waals surface area contributed by atoms with Crippen LogP contribution >= 0.6 is 0 Å². The van der Waals surface area contributed by atoms with Gasteiger partial charge in [0.1, 0.15) is 18.0 Å². The first kappa shape index (κ1) is 23.4. The second kappa shape index (κ2) is 9.44. The summed E-state index contributed by atoms with van der Waals surface area (Å²) in [4.78, 5) is 31.0. The Bertz CT molecular complexity index is 1490. The minimum Gasteiger partial charge on any atom is -0.383 e. The lowest BCUT2D eigenvalue weighted by atomic mass is 9.95. The molecule has 2 aromatic heterocycles. The summed E-state index contributed by atoms with van der Waals surface area (Å²) in [5.74, 6) is 1.48. The fourth-order valence-electron chi connectivity index (χ4n) is 5.56. The maximum absolute atomic E-state index is 13.2. The van der Waals surface area contributed by atoms with Crippen LogP contribution in [0.15, 0.2) is 55.0 Å². The molecule has 0 spiro atoms. The molecule has 4 aromatic rings. The standard InChI is InChI=1S/C29H31N7O/c1-18-13-21(24-3-2-9-32-27(24)31)15-25-26(18)33-17-34-28(25)36-10-6-19-4-5-20(14-22(19)16-36)29(37)35-11-7-23(30)8-12-35/h2-5,9,13-15,17,23H,6-8,10-12,16,30H2,1H3,(H2,31,32).